The fraction of sp³-hybridized carbons (Fsp3) is 0.429. The molecule has 0 saturated carbocycles. The SMILES string of the molecule is CCOc1nnccc1CN. The van der Waals surface area contributed by atoms with Gasteiger partial charge in [0.05, 0.1) is 12.8 Å². The molecule has 4 nitrogen and oxygen atoms in total. The summed E-state index contributed by atoms with van der Waals surface area (Å²) < 4.78 is 5.17. The van der Waals surface area contributed by atoms with Crippen LogP contribution in [0.1, 0.15) is 12.5 Å². The van der Waals surface area contributed by atoms with Crippen LogP contribution < -0.4 is 10.5 Å². The van der Waals surface area contributed by atoms with Gasteiger partial charge in [0.1, 0.15) is 0 Å². The second-order valence-corrected chi connectivity index (χ2v) is 2.00. The molecule has 1 heterocycles. The number of aromatic nitrogens is 2. The van der Waals surface area contributed by atoms with Gasteiger partial charge in [0.25, 0.3) is 0 Å². The highest BCUT2D eigenvalue weighted by molar-refractivity contribution is 5.22. The highest BCUT2D eigenvalue weighted by atomic mass is 16.5. The number of hydrogen-bond acceptors (Lipinski definition) is 4. The Hall–Kier alpha value is -1.16. The first-order valence-electron chi connectivity index (χ1n) is 3.52. The largest absolute Gasteiger partial charge is 0.477 e. The van der Waals surface area contributed by atoms with Crippen LogP contribution in [-0.4, -0.2) is 16.8 Å². The van der Waals surface area contributed by atoms with Crippen molar-refractivity contribution >= 4 is 0 Å². The summed E-state index contributed by atoms with van der Waals surface area (Å²) in [5.74, 6) is 0.539. The molecule has 0 aliphatic carbocycles. The van der Waals surface area contributed by atoms with E-state index in [9.17, 15) is 0 Å². The fourth-order valence-corrected chi connectivity index (χ4v) is 0.758. The molecule has 0 unspecified atom stereocenters. The standard InChI is InChI=1S/C7H11N3O/c1-2-11-7-6(5-8)3-4-9-10-7/h3-4H,2,5,8H2,1H3. The topological polar surface area (TPSA) is 61.0 Å². The maximum Gasteiger partial charge on any atom is 0.237 e. The summed E-state index contributed by atoms with van der Waals surface area (Å²) in [6.45, 7) is 2.92. The minimum absolute atomic E-state index is 0.435. The monoisotopic (exact) mass is 153 g/mol. The molecule has 1 rings (SSSR count). The Kier molecular flexibility index (Phi) is 2.80. The highest BCUT2D eigenvalue weighted by Gasteiger charge is 2.00. The number of hydrogen-bond donors (Lipinski definition) is 1. The molecule has 2 N–H and O–H groups in total. The van der Waals surface area contributed by atoms with E-state index in [0.29, 0.717) is 19.0 Å². The van der Waals surface area contributed by atoms with E-state index in [1.54, 1.807) is 12.3 Å². The van der Waals surface area contributed by atoms with Crippen molar-refractivity contribution in [1.29, 1.82) is 0 Å². The number of nitrogens with two attached hydrogens (primary N) is 1. The Bertz CT molecular complexity index is 227. The van der Waals surface area contributed by atoms with Crippen molar-refractivity contribution in [1.82, 2.24) is 10.2 Å². The Morgan fingerprint density at radius 2 is 2.45 bits per heavy atom. The van der Waals surface area contributed by atoms with Gasteiger partial charge in [0.2, 0.25) is 5.88 Å². The molecular formula is C7H11N3O. The van der Waals surface area contributed by atoms with Gasteiger partial charge in [-0.3, -0.25) is 0 Å². The zero-order chi connectivity index (χ0) is 8.10. The highest BCUT2D eigenvalue weighted by Crippen LogP contribution is 2.10. The first-order chi connectivity index (χ1) is 5.38. The average molecular weight is 153 g/mol. The van der Waals surface area contributed by atoms with Crippen molar-refractivity contribution in [2.75, 3.05) is 6.61 Å². The minimum atomic E-state index is 0.435. The van der Waals surface area contributed by atoms with E-state index in [2.05, 4.69) is 10.2 Å². The van der Waals surface area contributed by atoms with Crippen molar-refractivity contribution in [2.45, 2.75) is 13.5 Å². The zero-order valence-electron chi connectivity index (χ0n) is 6.45. The second-order valence-electron chi connectivity index (χ2n) is 2.00. The molecule has 4 heteroatoms. The predicted molar refractivity (Wildman–Crippen MR) is 41.1 cm³/mol. The van der Waals surface area contributed by atoms with Gasteiger partial charge in [-0.05, 0) is 13.0 Å². The third-order valence-electron chi connectivity index (χ3n) is 1.27. The van der Waals surface area contributed by atoms with Gasteiger partial charge >= 0.3 is 0 Å². The molecule has 0 aliphatic rings. The summed E-state index contributed by atoms with van der Waals surface area (Å²) in [5, 5.41) is 7.47. The van der Waals surface area contributed by atoms with Crippen LogP contribution in [0.2, 0.25) is 0 Å². The van der Waals surface area contributed by atoms with E-state index in [0.717, 1.165) is 5.56 Å². The lowest BCUT2D eigenvalue weighted by Crippen LogP contribution is -2.04. The predicted octanol–water partition coefficient (Wildman–Crippen LogP) is 0.334. The molecule has 60 valence electrons. The van der Waals surface area contributed by atoms with E-state index < -0.39 is 0 Å². The summed E-state index contributed by atoms with van der Waals surface area (Å²) in [7, 11) is 0. The van der Waals surface area contributed by atoms with Crippen LogP contribution in [-0.2, 0) is 6.54 Å². The van der Waals surface area contributed by atoms with Crippen LogP contribution in [0, 0.1) is 0 Å². The van der Waals surface area contributed by atoms with E-state index in [1.807, 2.05) is 6.92 Å². The number of nitrogens with zero attached hydrogens (tertiary/aromatic N) is 2. The Labute approximate surface area is 65.4 Å². The molecule has 11 heavy (non-hydrogen) atoms. The molecule has 0 fully saturated rings. The Morgan fingerprint density at radius 3 is 3.09 bits per heavy atom. The molecule has 1 aromatic heterocycles. The summed E-state index contributed by atoms with van der Waals surface area (Å²) >= 11 is 0. The summed E-state index contributed by atoms with van der Waals surface area (Å²) in [4.78, 5) is 0. The van der Waals surface area contributed by atoms with Gasteiger partial charge in [-0.15, -0.1) is 5.10 Å². The molecule has 0 radical (unpaired) electrons. The number of ether oxygens (including phenoxy) is 1. The quantitative estimate of drug-likeness (QED) is 0.680. The lowest BCUT2D eigenvalue weighted by molar-refractivity contribution is 0.318. The Balaban J connectivity index is 2.83. The van der Waals surface area contributed by atoms with Crippen molar-refractivity contribution in [2.24, 2.45) is 5.73 Å². The molecule has 0 amide bonds. The third-order valence-corrected chi connectivity index (χ3v) is 1.27. The first-order valence-corrected chi connectivity index (χ1v) is 3.52. The van der Waals surface area contributed by atoms with Crippen LogP contribution >= 0.6 is 0 Å². The van der Waals surface area contributed by atoms with Crippen molar-refractivity contribution in [3.63, 3.8) is 0 Å². The third kappa shape index (κ3) is 1.88. The van der Waals surface area contributed by atoms with Gasteiger partial charge in [0.15, 0.2) is 0 Å². The zero-order valence-corrected chi connectivity index (χ0v) is 6.45. The van der Waals surface area contributed by atoms with Gasteiger partial charge in [-0.1, -0.05) is 0 Å². The van der Waals surface area contributed by atoms with E-state index in [4.69, 9.17) is 10.5 Å². The fourth-order valence-electron chi connectivity index (χ4n) is 0.758. The average Bonchev–Trinajstić information content (AvgIpc) is 2.06. The maximum absolute atomic E-state index is 5.43. The molecule has 0 aromatic carbocycles. The van der Waals surface area contributed by atoms with Gasteiger partial charge in [-0.25, -0.2) is 0 Å². The summed E-state index contributed by atoms with van der Waals surface area (Å²) in [6, 6.07) is 1.80. The minimum Gasteiger partial charge on any atom is -0.477 e. The second kappa shape index (κ2) is 3.88. The van der Waals surface area contributed by atoms with Gasteiger partial charge < -0.3 is 10.5 Å². The van der Waals surface area contributed by atoms with Crippen molar-refractivity contribution in [3.8, 4) is 5.88 Å². The normalized spacial score (nSPS) is 9.64. The van der Waals surface area contributed by atoms with Gasteiger partial charge in [-0.2, -0.15) is 5.10 Å². The smallest absolute Gasteiger partial charge is 0.237 e. The molecular weight excluding hydrogens is 142 g/mol. The summed E-state index contributed by atoms with van der Waals surface area (Å²) in [6.07, 6.45) is 1.60. The van der Waals surface area contributed by atoms with Crippen LogP contribution in [0.25, 0.3) is 0 Å². The van der Waals surface area contributed by atoms with Crippen LogP contribution in [0.5, 0.6) is 5.88 Å². The molecule has 0 bridgehead atoms. The van der Waals surface area contributed by atoms with Crippen LogP contribution in [0.4, 0.5) is 0 Å². The molecule has 0 saturated heterocycles. The van der Waals surface area contributed by atoms with Crippen LogP contribution in [0.15, 0.2) is 12.3 Å². The Morgan fingerprint density at radius 1 is 1.64 bits per heavy atom. The van der Waals surface area contributed by atoms with Crippen molar-refractivity contribution in [3.05, 3.63) is 17.8 Å². The molecule has 0 spiro atoms. The van der Waals surface area contributed by atoms with Gasteiger partial charge in [0, 0.05) is 12.1 Å². The number of rotatable bonds is 3. The van der Waals surface area contributed by atoms with Crippen molar-refractivity contribution < 1.29 is 4.74 Å². The lowest BCUT2D eigenvalue weighted by atomic mass is 10.3. The van der Waals surface area contributed by atoms with E-state index in [1.165, 1.54) is 0 Å². The van der Waals surface area contributed by atoms with E-state index >= 15 is 0 Å². The first kappa shape index (κ1) is 7.94. The van der Waals surface area contributed by atoms with Crippen LogP contribution in [0.3, 0.4) is 0 Å². The molecule has 0 atom stereocenters. The molecule has 0 aliphatic heterocycles. The maximum atomic E-state index is 5.43. The lowest BCUT2D eigenvalue weighted by Gasteiger charge is -2.04. The summed E-state index contributed by atoms with van der Waals surface area (Å²) in [5.41, 5.74) is 6.32. The molecule has 1 aromatic rings. The van der Waals surface area contributed by atoms with E-state index in [-0.39, 0.29) is 0 Å².